The van der Waals surface area contributed by atoms with Crippen LogP contribution in [-0.2, 0) is 6.54 Å². The van der Waals surface area contributed by atoms with E-state index in [0.717, 1.165) is 12.2 Å². The van der Waals surface area contributed by atoms with Gasteiger partial charge in [-0.25, -0.2) is 0 Å². The Balaban J connectivity index is 0.00000132. The highest BCUT2D eigenvalue weighted by atomic mass is 35.5. The van der Waals surface area contributed by atoms with Crippen molar-refractivity contribution < 1.29 is 0 Å². The standard InChI is InChI=1S/C17H15N3.ClH/c1-2-8-15-13(6-1)12-19-17(14-7-3-4-10-18-14)16-9-5-11-20(15)16;/h1-11,17,19H,12H2;1H. The van der Waals surface area contributed by atoms with Crippen LogP contribution in [0.3, 0.4) is 0 Å². The topological polar surface area (TPSA) is 29.9 Å². The third-order valence-corrected chi connectivity index (χ3v) is 3.81. The van der Waals surface area contributed by atoms with Gasteiger partial charge in [0, 0.05) is 30.3 Å². The number of hydrogen-bond donors (Lipinski definition) is 1. The first-order valence-corrected chi connectivity index (χ1v) is 6.83. The number of para-hydroxylation sites is 1. The summed E-state index contributed by atoms with van der Waals surface area (Å²) in [6, 6.07) is 19.0. The maximum Gasteiger partial charge on any atom is 0.0911 e. The maximum atomic E-state index is 4.51. The van der Waals surface area contributed by atoms with E-state index in [4.69, 9.17) is 0 Å². The first-order chi connectivity index (χ1) is 9.93. The van der Waals surface area contributed by atoms with Crippen LogP contribution in [0.25, 0.3) is 5.69 Å². The number of rotatable bonds is 1. The van der Waals surface area contributed by atoms with Crippen LogP contribution in [0.1, 0.15) is 23.0 Å². The van der Waals surface area contributed by atoms with E-state index >= 15 is 0 Å². The summed E-state index contributed by atoms with van der Waals surface area (Å²) < 4.78 is 2.26. The third-order valence-electron chi connectivity index (χ3n) is 3.81. The molecule has 1 aliphatic heterocycles. The smallest absolute Gasteiger partial charge is 0.0911 e. The van der Waals surface area contributed by atoms with Crippen LogP contribution in [-0.4, -0.2) is 9.55 Å². The van der Waals surface area contributed by atoms with Crippen molar-refractivity contribution in [1.29, 1.82) is 0 Å². The summed E-state index contributed by atoms with van der Waals surface area (Å²) >= 11 is 0. The molecule has 0 bridgehead atoms. The Morgan fingerprint density at radius 3 is 2.71 bits per heavy atom. The summed E-state index contributed by atoms with van der Waals surface area (Å²) in [4.78, 5) is 4.51. The summed E-state index contributed by atoms with van der Waals surface area (Å²) in [6.07, 6.45) is 3.97. The van der Waals surface area contributed by atoms with Crippen molar-refractivity contribution in [1.82, 2.24) is 14.9 Å². The lowest BCUT2D eigenvalue weighted by Crippen LogP contribution is -2.22. The van der Waals surface area contributed by atoms with E-state index in [0.29, 0.717) is 0 Å². The summed E-state index contributed by atoms with van der Waals surface area (Å²) in [5.74, 6) is 0. The SMILES string of the molecule is Cl.c1ccc(C2NCc3ccccc3-n3cccc32)nc1. The highest BCUT2D eigenvalue weighted by Crippen LogP contribution is 2.29. The summed E-state index contributed by atoms with van der Waals surface area (Å²) in [7, 11) is 0. The number of fused-ring (bicyclic) bond motifs is 3. The predicted molar refractivity (Wildman–Crippen MR) is 85.9 cm³/mol. The van der Waals surface area contributed by atoms with E-state index in [-0.39, 0.29) is 18.4 Å². The van der Waals surface area contributed by atoms with Gasteiger partial charge in [0.25, 0.3) is 0 Å². The second kappa shape index (κ2) is 5.72. The molecule has 0 amide bonds. The average molecular weight is 298 g/mol. The monoisotopic (exact) mass is 297 g/mol. The Kier molecular flexibility index (Phi) is 3.78. The van der Waals surface area contributed by atoms with Crippen molar-refractivity contribution in [3.63, 3.8) is 0 Å². The minimum Gasteiger partial charge on any atom is -0.319 e. The number of halogens is 1. The van der Waals surface area contributed by atoms with E-state index < -0.39 is 0 Å². The van der Waals surface area contributed by atoms with Crippen LogP contribution in [0.15, 0.2) is 67.0 Å². The molecule has 1 atom stereocenters. The molecule has 106 valence electrons. The fourth-order valence-electron chi connectivity index (χ4n) is 2.86. The van der Waals surface area contributed by atoms with Crippen molar-refractivity contribution in [2.45, 2.75) is 12.6 Å². The quantitative estimate of drug-likeness (QED) is 0.745. The zero-order chi connectivity index (χ0) is 13.4. The first kappa shape index (κ1) is 13.9. The molecule has 4 rings (SSSR count). The molecule has 1 aliphatic rings. The molecule has 0 saturated carbocycles. The van der Waals surface area contributed by atoms with Crippen LogP contribution in [0.5, 0.6) is 0 Å². The van der Waals surface area contributed by atoms with Gasteiger partial charge in [-0.1, -0.05) is 24.3 Å². The van der Waals surface area contributed by atoms with Gasteiger partial charge in [0.15, 0.2) is 0 Å². The van der Waals surface area contributed by atoms with Gasteiger partial charge in [-0.2, -0.15) is 0 Å². The molecule has 2 aromatic heterocycles. The number of benzene rings is 1. The number of nitrogens with one attached hydrogen (secondary N) is 1. The van der Waals surface area contributed by atoms with E-state index in [2.05, 4.69) is 63.5 Å². The molecule has 1 unspecified atom stereocenters. The van der Waals surface area contributed by atoms with Crippen LogP contribution in [0.2, 0.25) is 0 Å². The van der Waals surface area contributed by atoms with E-state index in [1.165, 1.54) is 16.9 Å². The fraction of sp³-hybridized carbons (Fsp3) is 0.118. The highest BCUT2D eigenvalue weighted by Gasteiger charge is 2.23. The molecular formula is C17H16ClN3. The Bertz CT molecular complexity index is 737. The molecule has 1 N–H and O–H groups in total. The average Bonchev–Trinajstić information content (AvgIpc) is 2.93. The van der Waals surface area contributed by atoms with Gasteiger partial charge in [-0.3, -0.25) is 10.3 Å². The first-order valence-electron chi connectivity index (χ1n) is 6.83. The largest absolute Gasteiger partial charge is 0.319 e. The number of pyridine rings is 1. The molecule has 0 spiro atoms. The lowest BCUT2D eigenvalue weighted by Gasteiger charge is -2.16. The van der Waals surface area contributed by atoms with Crippen molar-refractivity contribution in [2.75, 3.05) is 0 Å². The fourth-order valence-corrected chi connectivity index (χ4v) is 2.86. The predicted octanol–water partition coefficient (Wildman–Crippen LogP) is 3.49. The van der Waals surface area contributed by atoms with Crippen LogP contribution < -0.4 is 5.32 Å². The number of nitrogens with zero attached hydrogens (tertiary/aromatic N) is 2. The molecule has 0 radical (unpaired) electrons. The van der Waals surface area contributed by atoms with Crippen LogP contribution in [0, 0.1) is 0 Å². The van der Waals surface area contributed by atoms with E-state index in [1.54, 1.807) is 0 Å². The molecule has 1 aromatic carbocycles. The lowest BCUT2D eigenvalue weighted by atomic mass is 10.1. The van der Waals surface area contributed by atoms with Gasteiger partial charge in [0.1, 0.15) is 0 Å². The molecule has 3 aromatic rings. The Morgan fingerprint density at radius 1 is 1.00 bits per heavy atom. The van der Waals surface area contributed by atoms with E-state index in [9.17, 15) is 0 Å². The molecule has 0 saturated heterocycles. The van der Waals surface area contributed by atoms with Gasteiger partial charge in [-0.15, -0.1) is 12.4 Å². The molecule has 0 aliphatic carbocycles. The zero-order valence-corrected chi connectivity index (χ0v) is 12.3. The van der Waals surface area contributed by atoms with Crippen LogP contribution in [0.4, 0.5) is 0 Å². The van der Waals surface area contributed by atoms with Gasteiger partial charge < -0.3 is 4.57 Å². The molecular weight excluding hydrogens is 282 g/mol. The lowest BCUT2D eigenvalue weighted by molar-refractivity contribution is 0.587. The van der Waals surface area contributed by atoms with Gasteiger partial charge in [0.05, 0.1) is 11.7 Å². The minimum atomic E-state index is 0. The Labute approximate surface area is 130 Å². The van der Waals surface area contributed by atoms with E-state index in [1.807, 2.05) is 18.3 Å². The second-order valence-electron chi connectivity index (χ2n) is 5.00. The molecule has 3 nitrogen and oxygen atoms in total. The van der Waals surface area contributed by atoms with Crippen molar-refractivity contribution in [2.24, 2.45) is 0 Å². The summed E-state index contributed by atoms with van der Waals surface area (Å²) in [5, 5.41) is 3.61. The summed E-state index contributed by atoms with van der Waals surface area (Å²) in [6.45, 7) is 0.846. The molecule has 0 fully saturated rings. The summed E-state index contributed by atoms with van der Waals surface area (Å²) in [5.41, 5.74) is 4.84. The second-order valence-corrected chi connectivity index (χ2v) is 5.00. The Morgan fingerprint density at radius 2 is 1.86 bits per heavy atom. The Hall–Kier alpha value is -2.10. The van der Waals surface area contributed by atoms with Crippen molar-refractivity contribution >= 4 is 12.4 Å². The normalized spacial score (nSPS) is 16.3. The highest BCUT2D eigenvalue weighted by molar-refractivity contribution is 5.85. The minimum absolute atomic E-state index is 0. The van der Waals surface area contributed by atoms with Gasteiger partial charge >= 0.3 is 0 Å². The number of aromatic nitrogens is 2. The molecule has 4 heteroatoms. The molecule has 21 heavy (non-hydrogen) atoms. The third kappa shape index (κ3) is 2.35. The van der Waals surface area contributed by atoms with Gasteiger partial charge in [0.2, 0.25) is 0 Å². The van der Waals surface area contributed by atoms with Crippen molar-refractivity contribution in [3.8, 4) is 5.69 Å². The molecule has 3 heterocycles. The number of hydrogen-bond acceptors (Lipinski definition) is 2. The maximum absolute atomic E-state index is 4.51. The zero-order valence-electron chi connectivity index (χ0n) is 11.4. The van der Waals surface area contributed by atoms with Gasteiger partial charge in [-0.05, 0) is 35.9 Å². The van der Waals surface area contributed by atoms with Crippen molar-refractivity contribution in [3.05, 3.63) is 83.9 Å². The van der Waals surface area contributed by atoms with Crippen LogP contribution >= 0.6 is 12.4 Å².